The normalized spacial score (nSPS) is 12.6. The van der Waals surface area contributed by atoms with E-state index in [1.54, 1.807) is 13.8 Å². The van der Waals surface area contributed by atoms with Gasteiger partial charge in [-0.15, -0.1) is 0 Å². The second-order valence-corrected chi connectivity index (χ2v) is 4.15. The van der Waals surface area contributed by atoms with E-state index in [1.165, 1.54) is 0 Å². The first kappa shape index (κ1) is 14.7. The summed E-state index contributed by atoms with van der Waals surface area (Å²) in [5.74, 6) is -2.05. The maximum absolute atomic E-state index is 13.6. The molecule has 1 atom stereocenters. The number of aliphatic hydroxyl groups excluding tert-OH is 2. The molecule has 0 amide bonds. The lowest BCUT2D eigenvalue weighted by Crippen LogP contribution is -2.23. The highest BCUT2D eigenvalue weighted by Gasteiger charge is 2.14. The average molecular weight is 261 g/mol. The lowest BCUT2D eigenvalue weighted by molar-refractivity contribution is 0.105. The van der Waals surface area contributed by atoms with Crippen LogP contribution in [0.15, 0.2) is 12.1 Å². The molecular weight excluding hydrogens is 244 g/mol. The Morgan fingerprint density at radius 2 is 1.83 bits per heavy atom. The largest absolute Gasteiger partial charge is 0.485 e. The molecule has 1 unspecified atom stereocenters. The van der Waals surface area contributed by atoms with Crippen LogP contribution in [0.2, 0.25) is 0 Å². The lowest BCUT2D eigenvalue weighted by atomic mass is 10.2. The molecule has 18 heavy (non-hydrogen) atoms. The molecule has 102 valence electrons. The number of rotatable bonds is 6. The molecule has 1 rings (SSSR count). The van der Waals surface area contributed by atoms with Gasteiger partial charge < -0.3 is 20.3 Å². The van der Waals surface area contributed by atoms with Gasteiger partial charge in [-0.25, -0.2) is 8.78 Å². The van der Waals surface area contributed by atoms with Crippen molar-refractivity contribution in [2.75, 3.05) is 18.5 Å². The Kier molecular flexibility index (Phi) is 5.30. The number of benzene rings is 1. The highest BCUT2D eigenvalue weighted by Crippen LogP contribution is 2.26. The van der Waals surface area contributed by atoms with Gasteiger partial charge in [0.05, 0.1) is 18.8 Å². The quantitative estimate of drug-likeness (QED) is 0.726. The first-order valence-electron chi connectivity index (χ1n) is 5.62. The molecule has 1 aromatic carbocycles. The van der Waals surface area contributed by atoms with Crippen molar-refractivity contribution in [3.05, 3.63) is 23.8 Å². The van der Waals surface area contributed by atoms with E-state index in [1.807, 2.05) is 0 Å². The molecule has 0 bridgehead atoms. The smallest absolute Gasteiger partial charge is 0.191 e. The Hall–Kier alpha value is -1.40. The third-order valence-electron chi connectivity index (χ3n) is 2.10. The summed E-state index contributed by atoms with van der Waals surface area (Å²) < 4.78 is 32.1. The van der Waals surface area contributed by atoms with Gasteiger partial charge in [-0.1, -0.05) is 0 Å². The molecule has 4 nitrogen and oxygen atoms in total. The number of hydrogen-bond acceptors (Lipinski definition) is 4. The molecular formula is C12H17F2NO3. The average Bonchev–Trinajstić information content (AvgIpc) is 2.30. The fourth-order valence-corrected chi connectivity index (χ4v) is 1.31. The van der Waals surface area contributed by atoms with E-state index in [2.05, 4.69) is 5.32 Å². The van der Waals surface area contributed by atoms with Crippen LogP contribution in [0.1, 0.15) is 13.8 Å². The second-order valence-electron chi connectivity index (χ2n) is 4.15. The van der Waals surface area contributed by atoms with Gasteiger partial charge in [0.2, 0.25) is 0 Å². The maximum Gasteiger partial charge on any atom is 0.191 e. The Labute approximate surface area is 104 Å². The van der Waals surface area contributed by atoms with Gasteiger partial charge >= 0.3 is 0 Å². The van der Waals surface area contributed by atoms with Gasteiger partial charge in [0.15, 0.2) is 17.4 Å². The summed E-state index contributed by atoms with van der Waals surface area (Å²) >= 11 is 0. The molecule has 0 fully saturated rings. The van der Waals surface area contributed by atoms with Crippen LogP contribution in [-0.4, -0.2) is 35.6 Å². The van der Waals surface area contributed by atoms with Crippen molar-refractivity contribution in [1.29, 1.82) is 0 Å². The number of halogens is 2. The number of anilines is 1. The first-order chi connectivity index (χ1) is 8.43. The molecule has 0 aliphatic carbocycles. The van der Waals surface area contributed by atoms with Crippen molar-refractivity contribution in [2.24, 2.45) is 0 Å². The van der Waals surface area contributed by atoms with Gasteiger partial charge in [-0.3, -0.25) is 0 Å². The number of aliphatic hydroxyl groups is 2. The molecule has 0 saturated heterocycles. The zero-order valence-electron chi connectivity index (χ0n) is 10.3. The van der Waals surface area contributed by atoms with E-state index in [0.29, 0.717) is 0 Å². The zero-order chi connectivity index (χ0) is 13.7. The van der Waals surface area contributed by atoms with Crippen molar-refractivity contribution >= 4 is 5.69 Å². The monoisotopic (exact) mass is 261 g/mol. The lowest BCUT2D eigenvalue weighted by Gasteiger charge is -2.14. The fourth-order valence-electron chi connectivity index (χ4n) is 1.31. The molecule has 6 heteroatoms. The van der Waals surface area contributed by atoms with E-state index in [4.69, 9.17) is 14.9 Å². The van der Waals surface area contributed by atoms with Crippen LogP contribution >= 0.6 is 0 Å². The van der Waals surface area contributed by atoms with E-state index in [9.17, 15) is 8.78 Å². The van der Waals surface area contributed by atoms with E-state index in [0.717, 1.165) is 12.1 Å². The number of ether oxygens (including phenoxy) is 1. The van der Waals surface area contributed by atoms with Gasteiger partial charge in [0.1, 0.15) is 0 Å². The Balaban J connectivity index is 2.79. The van der Waals surface area contributed by atoms with E-state index in [-0.39, 0.29) is 18.3 Å². The Morgan fingerprint density at radius 3 is 2.28 bits per heavy atom. The van der Waals surface area contributed by atoms with Gasteiger partial charge in [-0.2, -0.15) is 0 Å². The van der Waals surface area contributed by atoms with Crippen LogP contribution in [0.3, 0.4) is 0 Å². The predicted octanol–water partition coefficient (Wildman–Crippen LogP) is 1.52. The van der Waals surface area contributed by atoms with Crippen molar-refractivity contribution in [3.8, 4) is 5.75 Å². The van der Waals surface area contributed by atoms with E-state index < -0.39 is 30.1 Å². The number of nitrogens with one attached hydrogen (secondary N) is 1. The van der Waals surface area contributed by atoms with Crippen LogP contribution in [-0.2, 0) is 0 Å². The van der Waals surface area contributed by atoms with E-state index >= 15 is 0 Å². The maximum atomic E-state index is 13.6. The Morgan fingerprint density at radius 1 is 1.28 bits per heavy atom. The minimum Gasteiger partial charge on any atom is -0.485 e. The summed E-state index contributed by atoms with van der Waals surface area (Å²) in [7, 11) is 0. The first-order valence-corrected chi connectivity index (χ1v) is 5.62. The van der Waals surface area contributed by atoms with Crippen LogP contribution in [0.25, 0.3) is 0 Å². The summed E-state index contributed by atoms with van der Waals surface area (Å²) in [5, 5.41) is 20.3. The van der Waals surface area contributed by atoms with Gasteiger partial charge in [-0.05, 0) is 13.8 Å². The second kappa shape index (κ2) is 6.51. The molecule has 0 heterocycles. The molecule has 0 aliphatic rings. The predicted molar refractivity (Wildman–Crippen MR) is 63.7 cm³/mol. The molecule has 0 aliphatic heterocycles. The van der Waals surface area contributed by atoms with Crippen molar-refractivity contribution in [2.45, 2.75) is 26.1 Å². The summed E-state index contributed by atoms with van der Waals surface area (Å²) in [4.78, 5) is 0. The van der Waals surface area contributed by atoms with Crippen molar-refractivity contribution in [1.82, 2.24) is 0 Å². The minimum atomic E-state index is -0.984. The summed E-state index contributed by atoms with van der Waals surface area (Å²) in [6.07, 6.45) is -1.31. The summed E-state index contributed by atoms with van der Waals surface area (Å²) in [6, 6.07) is 2.15. The third kappa shape index (κ3) is 4.12. The van der Waals surface area contributed by atoms with Crippen LogP contribution in [0.5, 0.6) is 5.75 Å². The van der Waals surface area contributed by atoms with Crippen LogP contribution in [0.4, 0.5) is 14.5 Å². The molecule has 0 spiro atoms. The van der Waals surface area contributed by atoms with Crippen molar-refractivity contribution in [3.63, 3.8) is 0 Å². The topological polar surface area (TPSA) is 61.7 Å². The van der Waals surface area contributed by atoms with Crippen LogP contribution < -0.4 is 10.1 Å². The summed E-state index contributed by atoms with van der Waals surface area (Å²) in [6.45, 7) is 2.91. The molecule has 0 aromatic heterocycles. The minimum absolute atomic E-state index is 0.000234. The third-order valence-corrected chi connectivity index (χ3v) is 2.10. The van der Waals surface area contributed by atoms with Gasteiger partial charge in [0.25, 0.3) is 0 Å². The molecule has 3 N–H and O–H groups in total. The molecule has 1 aromatic rings. The van der Waals surface area contributed by atoms with Crippen molar-refractivity contribution < 1.29 is 23.7 Å². The van der Waals surface area contributed by atoms with Crippen LogP contribution in [0, 0.1) is 11.6 Å². The summed E-state index contributed by atoms with van der Waals surface area (Å²) in [5.41, 5.74) is 0.175. The van der Waals surface area contributed by atoms with Gasteiger partial charge in [0, 0.05) is 24.4 Å². The zero-order valence-corrected chi connectivity index (χ0v) is 10.3. The highest BCUT2D eigenvalue weighted by molar-refractivity contribution is 5.48. The standard InChI is InChI=1S/C12H17F2NO3/c1-7(2)18-12-10(13)3-8(4-11(12)14)15-5-9(17)6-16/h3-4,7,9,15-17H,5-6H2,1-2H3. The molecule has 0 saturated carbocycles. The highest BCUT2D eigenvalue weighted by atomic mass is 19.1. The number of hydrogen-bond donors (Lipinski definition) is 3. The SMILES string of the molecule is CC(C)Oc1c(F)cc(NCC(O)CO)cc1F. The molecule has 0 radical (unpaired) electrons. The fraction of sp³-hybridized carbons (Fsp3) is 0.500. The Bertz CT molecular complexity index is 376.